The second-order valence-electron chi connectivity index (χ2n) is 6.33. The maximum Gasteiger partial charge on any atom is 0.0397 e. The van der Waals surface area contributed by atoms with Crippen molar-refractivity contribution >= 4 is 5.69 Å². The van der Waals surface area contributed by atoms with Gasteiger partial charge in [0.15, 0.2) is 0 Å². The van der Waals surface area contributed by atoms with Gasteiger partial charge in [-0.3, -0.25) is 0 Å². The van der Waals surface area contributed by atoms with Crippen molar-refractivity contribution in [2.45, 2.75) is 39.2 Å². The third kappa shape index (κ3) is 2.14. The molecule has 3 rings (SSSR count). The van der Waals surface area contributed by atoms with E-state index in [0.29, 0.717) is 5.54 Å². The molecule has 18 heavy (non-hydrogen) atoms. The zero-order valence-electron chi connectivity index (χ0n) is 11.8. The van der Waals surface area contributed by atoms with Crippen molar-refractivity contribution in [3.8, 4) is 0 Å². The molecule has 1 saturated carbocycles. The Morgan fingerprint density at radius 3 is 2.72 bits per heavy atom. The number of aryl methyl sites for hydroxylation is 2. The quantitative estimate of drug-likeness (QED) is 0.860. The molecule has 0 aromatic heterocycles. The molecule has 0 amide bonds. The van der Waals surface area contributed by atoms with Gasteiger partial charge < -0.3 is 10.2 Å². The van der Waals surface area contributed by atoms with Crippen LogP contribution in [0.5, 0.6) is 0 Å². The predicted octanol–water partition coefficient (Wildman–Crippen LogP) is 2.88. The summed E-state index contributed by atoms with van der Waals surface area (Å²) in [4.78, 5) is 2.57. The summed E-state index contributed by atoms with van der Waals surface area (Å²) in [7, 11) is 0. The van der Waals surface area contributed by atoms with Gasteiger partial charge >= 0.3 is 0 Å². The van der Waals surface area contributed by atoms with E-state index in [-0.39, 0.29) is 0 Å². The Balaban J connectivity index is 1.83. The summed E-state index contributed by atoms with van der Waals surface area (Å²) >= 11 is 0. The molecular formula is C16H24N2. The van der Waals surface area contributed by atoms with Crippen LogP contribution in [0.4, 0.5) is 5.69 Å². The fourth-order valence-electron chi connectivity index (χ4n) is 3.37. The molecule has 1 aliphatic heterocycles. The van der Waals surface area contributed by atoms with E-state index >= 15 is 0 Å². The smallest absolute Gasteiger partial charge is 0.0397 e. The molecule has 2 heteroatoms. The SMILES string of the molecule is Cc1ccc(N2CCNC(C)(C3CC3)C2)c(C)c1. The van der Waals surface area contributed by atoms with Crippen LogP contribution in [0.2, 0.25) is 0 Å². The second-order valence-corrected chi connectivity index (χ2v) is 6.33. The third-order valence-electron chi connectivity index (χ3n) is 4.60. The maximum absolute atomic E-state index is 3.75. The van der Waals surface area contributed by atoms with E-state index in [1.54, 1.807) is 0 Å². The topological polar surface area (TPSA) is 15.3 Å². The van der Waals surface area contributed by atoms with Gasteiger partial charge in [0.2, 0.25) is 0 Å². The highest BCUT2D eigenvalue weighted by Gasteiger charge is 2.43. The van der Waals surface area contributed by atoms with Gasteiger partial charge in [-0.1, -0.05) is 17.7 Å². The average Bonchev–Trinajstić information content (AvgIpc) is 3.12. The molecule has 0 spiro atoms. The Kier molecular flexibility index (Phi) is 2.86. The van der Waals surface area contributed by atoms with Gasteiger partial charge in [0, 0.05) is 30.9 Å². The zero-order chi connectivity index (χ0) is 12.8. The minimum atomic E-state index is 0.329. The Morgan fingerprint density at radius 2 is 2.06 bits per heavy atom. The number of piperazine rings is 1. The van der Waals surface area contributed by atoms with Crippen LogP contribution in [0.25, 0.3) is 0 Å². The Hall–Kier alpha value is -1.02. The van der Waals surface area contributed by atoms with E-state index in [1.165, 1.54) is 29.7 Å². The Morgan fingerprint density at radius 1 is 1.28 bits per heavy atom. The summed E-state index contributed by atoms with van der Waals surface area (Å²) in [5.41, 5.74) is 4.52. The summed E-state index contributed by atoms with van der Waals surface area (Å²) in [6, 6.07) is 6.83. The molecule has 1 atom stereocenters. The molecule has 2 fully saturated rings. The maximum atomic E-state index is 3.75. The molecule has 98 valence electrons. The summed E-state index contributed by atoms with van der Waals surface area (Å²) in [5, 5.41) is 3.75. The molecule has 1 heterocycles. The number of hydrogen-bond donors (Lipinski definition) is 1. The first-order chi connectivity index (χ1) is 8.58. The summed E-state index contributed by atoms with van der Waals surface area (Å²) in [5.74, 6) is 0.894. The highest BCUT2D eigenvalue weighted by Crippen LogP contribution is 2.41. The van der Waals surface area contributed by atoms with Crippen molar-refractivity contribution in [2.24, 2.45) is 5.92 Å². The van der Waals surface area contributed by atoms with Crippen LogP contribution in [0.1, 0.15) is 30.9 Å². The monoisotopic (exact) mass is 244 g/mol. The molecule has 1 saturated heterocycles. The van der Waals surface area contributed by atoms with E-state index in [1.807, 2.05) is 0 Å². The van der Waals surface area contributed by atoms with Crippen molar-refractivity contribution in [3.05, 3.63) is 29.3 Å². The van der Waals surface area contributed by atoms with Crippen molar-refractivity contribution in [1.29, 1.82) is 0 Å². The molecule has 1 unspecified atom stereocenters. The van der Waals surface area contributed by atoms with Crippen LogP contribution in [0.15, 0.2) is 18.2 Å². The lowest BCUT2D eigenvalue weighted by Gasteiger charge is -2.43. The molecule has 1 aromatic carbocycles. The van der Waals surface area contributed by atoms with Gasteiger partial charge in [0.05, 0.1) is 0 Å². The van der Waals surface area contributed by atoms with Crippen LogP contribution in [-0.4, -0.2) is 25.2 Å². The van der Waals surface area contributed by atoms with Gasteiger partial charge in [-0.15, -0.1) is 0 Å². The van der Waals surface area contributed by atoms with E-state index in [9.17, 15) is 0 Å². The van der Waals surface area contributed by atoms with Gasteiger partial charge in [0.1, 0.15) is 0 Å². The molecule has 2 aliphatic rings. The van der Waals surface area contributed by atoms with E-state index in [4.69, 9.17) is 0 Å². The molecule has 1 N–H and O–H groups in total. The first kappa shape index (κ1) is 12.0. The first-order valence-electron chi connectivity index (χ1n) is 7.16. The van der Waals surface area contributed by atoms with Gasteiger partial charge in [0.25, 0.3) is 0 Å². The molecular weight excluding hydrogens is 220 g/mol. The number of anilines is 1. The zero-order valence-corrected chi connectivity index (χ0v) is 11.8. The molecule has 2 nitrogen and oxygen atoms in total. The van der Waals surface area contributed by atoms with E-state index in [2.05, 4.69) is 49.2 Å². The predicted molar refractivity (Wildman–Crippen MR) is 77.3 cm³/mol. The van der Waals surface area contributed by atoms with Gasteiger partial charge in [-0.25, -0.2) is 0 Å². The highest BCUT2D eigenvalue weighted by atomic mass is 15.2. The van der Waals surface area contributed by atoms with Crippen LogP contribution in [0, 0.1) is 19.8 Å². The summed E-state index contributed by atoms with van der Waals surface area (Å²) < 4.78 is 0. The number of nitrogens with one attached hydrogen (secondary N) is 1. The van der Waals surface area contributed by atoms with E-state index < -0.39 is 0 Å². The van der Waals surface area contributed by atoms with Crippen molar-refractivity contribution in [2.75, 3.05) is 24.5 Å². The Bertz CT molecular complexity index is 450. The van der Waals surface area contributed by atoms with Crippen LogP contribution < -0.4 is 10.2 Å². The molecule has 1 aliphatic carbocycles. The van der Waals surface area contributed by atoms with Crippen LogP contribution in [0.3, 0.4) is 0 Å². The Labute approximate surface area is 110 Å². The number of benzene rings is 1. The lowest BCUT2D eigenvalue weighted by molar-refractivity contribution is 0.285. The highest BCUT2D eigenvalue weighted by molar-refractivity contribution is 5.55. The number of rotatable bonds is 2. The minimum Gasteiger partial charge on any atom is -0.368 e. The normalized spacial score (nSPS) is 28.5. The lowest BCUT2D eigenvalue weighted by atomic mass is 9.92. The summed E-state index contributed by atoms with van der Waals surface area (Å²) in [6.07, 6.45) is 2.81. The van der Waals surface area contributed by atoms with Gasteiger partial charge in [-0.2, -0.15) is 0 Å². The third-order valence-corrected chi connectivity index (χ3v) is 4.60. The summed E-state index contributed by atoms with van der Waals surface area (Å²) in [6.45, 7) is 10.2. The molecule has 1 aromatic rings. The number of hydrogen-bond acceptors (Lipinski definition) is 2. The van der Waals surface area contributed by atoms with Crippen LogP contribution in [-0.2, 0) is 0 Å². The molecule has 0 bridgehead atoms. The number of nitrogens with zero attached hydrogens (tertiary/aromatic N) is 1. The van der Waals surface area contributed by atoms with Gasteiger partial charge in [-0.05, 0) is 51.2 Å². The minimum absolute atomic E-state index is 0.329. The van der Waals surface area contributed by atoms with Crippen LogP contribution >= 0.6 is 0 Å². The average molecular weight is 244 g/mol. The molecule has 0 radical (unpaired) electrons. The van der Waals surface area contributed by atoms with Crippen molar-refractivity contribution in [3.63, 3.8) is 0 Å². The standard InChI is InChI=1S/C16H24N2/c1-12-4-7-15(13(2)10-12)18-9-8-17-16(3,11-18)14-5-6-14/h4,7,10,14,17H,5-6,8-9,11H2,1-3H3. The first-order valence-corrected chi connectivity index (χ1v) is 7.16. The fraction of sp³-hybridized carbons (Fsp3) is 0.625. The van der Waals surface area contributed by atoms with Crippen molar-refractivity contribution in [1.82, 2.24) is 5.32 Å². The second kappa shape index (κ2) is 4.27. The lowest BCUT2D eigenvalue weighted by Crippen LogP contribution is -2.60. The van der Waals surface area contributed by atoms with E-state index in [0.717, 1.165) is 25.6 Å². The fourth-order valence-corrected chi connectivity index (χ4v) is 3.37. The van der Waals surface area contributed by atoms with Crippen molar-refractivity contribution < 1.29 is 0 Å². The largest absolute Gasteiger partial charge is 0.368 e.